The van der Waals surface area contributed by atoms with Gasteiger partial charge in [-0.25, -0.2) is 8.42 Å². The predicted molar refractivity (Wildman–Crippen MR) is 105 cm³/mol. The summed E-state index contributed by atoms with van der Waals surface area (Å²) in [5.41, 5.74) is 3.30. The monoisotopic (exact) mass is 388 g/mol. The lowest BCUT2D eigenvalue weighted by atomic mass is 9.90. The number of sulfonamides is 1. The number of aryl methyl sites for hydroxylation is 1. The molecule has 0 aliphatic carbocycles. The minimum absolute atomic E-state index is 0.277. The van der Waals surface area contributed by atoms with Gasteiger partial charge in [0.05, 0.1) is 4.90 Å². The number of nitrogens with one attached hydrogen (secondary N) is 1. The number of nitrogens with zero attached hydrogens (tertiary/aromatic N) is 1. The number of para-hydroxylation sites is 1. The first-order valence-corrected chi connectivity index (χ1v) is 10.6. The number of halogens is 1. The van der Waals surface area contributed by atoms with Crippen molar-refractivity contribution in [2.45, 2.75) is 30.6 Å². The lowest BCUT2D eigenvalue weighted by molar-refractivity contribution is 0.320. The predicted octanol–water partition coefficient (Wildman–Crippen LogP) is 4.70. The highest BCUT2D eigenvalue weighted by molar-refractivity contribution is 7.89. The largest absolute Gasteiger partial charge is 0.361 e. The summed E-state index contributed by atoms with van der Waals surface area (Å²) in [5, 5.41) is 1.72. The van der Waals surface area contributed by atoms with Crippen LogP contribution in [0.2, 0.25) is 5.02 Å². The Labute approximate surface area is 158 Å². The fourth-order valence-electron chi connectivity index (χ4n) is 3.72. The van der Waals surface area contributed by atoms with Crippen LogP contribution in [0.5, 0.6) is 0 Å². The summed E-state index contributed by atoms with van der Waals surface area (Å²) in [5.74, 6) is 0.374. The van der Waals surface area contributed by atoms with E-state index in [1.807, 2.05) is 19.1 Å². The van der Waals surface area contributed by atoms with Gasteiger partial charge >= 0.3 is 0 Å². The molecule has 2 aromatic carbocycles. The topological polar surface area (TPSA) is 53.2 Å². The number of benzene rings is 2. The van der Waals surface area contributed by atoms with E-state index in [-0.39, 0.29) is 4.90 Å². The Kier molecular flexibility index (Phi) is 4.55. The summed E-state index contributed by atoms with van der Waals surface area (Å²) in [7, 11) is -3.49. The third-order valence-electron chi connectivity index (χ3n) is 5.30. The standard InChI is InChI=1S/C20H21ClN2O2S/c1-14-6-7-16(12-19(14)21)26(24,25)23-10-8-15(9-11-23)18-13-22-20-5-3-2-4-17(18)20/h2-7,12-13,15,22H,8-11H2,1H3. The van der Waals surface area contributed by atoms with Crippen molar-refractivity contribution in [2.24, 2.45) is 0 Å². The van der Waals surface area contributed by atoms with E-state index in [9.17, 15) is 8.42 Å². The van der Waals surface area contributed by atoms with Gasteiger partial charge in [-0.05, 0) is 55.0 Å². The Balaban J connectivity index is 1.53. The summed E-state index contributed by atoms with van der Waals surface area (Å²) < 4.78 is 27.4. The number of piperidine rings is 1. The molecule has 0 atom stereocenters. The fourth-order valence-corrected chi connectivity index (χ4v) is 5.46. The van der Waals surface area contributed by atoms with Crippen molar-refractivity contribution in [1.29, 1.82) is 0 Å². The Morgan fingerprint density at radius 3 is 2.58 bits per heavy atom. The van der Waals surface area contributed by atoms with Crippen molar-refractivity contribution in [1.82, 2.24) is 9.29 Å². The Morgan fingerprint density at radius 2 is 1.85 bits per heavy atom. The third-order valence-corrected chi connectivity index (χ3v) is 7.60. The molecule has 1 N–H and O–H groups in total. The van der Waals surface area contributed by atoms with Crippen molar-refractivity contribution in [3.8, 4) is 0 Å². The lowest BCUT2D eigenvalue weighted by Crippen LogP contribution is -2.37. The van der Waals surface area contributed by atoms with Crippen molar-refractivity contribution in [3.05, 3.63) is 64.8 Å². The second-order valence-corrected chi connectivity index (χ2v) is 9.22. The van der Waals surface area contributed by atoms with Gasteiger partial charge in [-0.1, -0.05) is 35.9 Å². The molecule has 3 aromatic rings. The van der Waals surface area contributed by atoms with Gasteiger partial charge in [0.25, 0.3) is 0 Å². The molecule has 2 heterocycles. The molecule has 1 saturated heterocycles. The summed E-state index contributed by atoms with van der Waals surface area (Å²) in [6.07, 6.45) is 3.71. The molecule has 6 heteroatoms. The number of fused-ring (bicyclic) bond motifs is 1. The highest BCUT2D eigenvalue weighted by Crippen LogP contribution is 2.35. The Bertz CT molecular complexity index is 1050. The normalized spacial score (nSPS) is 17.0. The van der Waals surface area contributed by atoms with E-state index in [4.69, 9.17) is 11.6 Å². The lowest BCUT2D eigenvalue weighted by Gasteiger charge is -2.31. The maximum atomic E-state index is 12.9. The van der Waals surface area contributed by atoms with E-state index in [1.165, 1.54) is 10.9 Å². The first-order valence-electron chi connectivity index (χ1n) is 8.79. The van der Waals surface area contributed by atoms with Crippen molar-refractivity contribution in [3.63, 3.8) is 0 Å². The van der Waals surface area contributed by atoms with Crippen LogP contribution in [-0.2, 0) is 10.0 Å². The third kappa shape index (κ3) is 3.04. The van der Waals surface area contributed by atoms with Crippen LogP contribution < -0.4 is 0 Å². The molecule has 136 valence electrons. The Morgan fingerprint density at radius 1 is 1.12 bits per heavy atom. The molecule has 1 aliphatic rings. The molecule has 0 spiro atoms. The molecule has 0 radical (unpaired) electrons. The van der Waals surface area contributed by atoms with Crippen LogP contribution in [-0.4, -0.2) is 30.8 Å². The molecule has 1 aliphatic heterocycles. The molecule has 0 amide bonds. The smallest absolute Gasteiger partial charge is 0.243 e. The van der Waals surface area contributed by atoms with E-state index in [2.05, 4.69) is 23.3 Å². The summed E-state index contributed by atoms with van der Waals surface area (Å²) in [6.45, 7) is 2.92. The molecule has 1 fully saturated rings. The minimum atomic E-state index is -3.49. The van der Waals surface area contributed by atoms with E-state index in [1.54, 1.807) is 22.5 Å². The maximum absolute atomic E-state index is 12.9. The molecule has 4 rings (SSSR count). The highest BCUT2D eigenvalue weighted by atomic mass is 35.5. The molecule has 0 saturated carbocycles. The average molecular weight is 389 g/mol. The van der Waals surface area contributed by atoms with Crippen molar-refractivity contribution in [2.75, 3.05) is 13.1 Å². The zero-order valence-corrected chi connectivity index (χ0v) is 16.1. The van der Waals surface area contributed by atoms with Crippen LogP contribution in [0.25, 0.3) is 10.9 Å². The van der Waals surface area contributed by atoms with E-state index < -0.39 is 10.0 Å². The van der Waals surface area contributed by atoms with Gasteiger partial charge in [0.1, 0.15) is 0 Å². The molecular formula is C20H21ClN2O2S. The Hall–Kier alpha value is -1.82. The molecular weight excluding hydrogens is 368 g/mol. The summed E-state index contributed by atoms with van der Waals surface area (Å²) in [4.78, 5) is 3.59. The number of aromatic nitrogens is 1. The number of hydrogen-bond acceptors (Lipinski definition) is 2. The minimum Gasteiger partial charge on any atom is -0.361 e. The van der Waals surface area contributed by atoms with Crippen LogP contribution in [0.1, 0.15) is 29.9 Å². The maximum Gasteiger partial charge on any atom is 0.243 e. The number of rotatable bonds is 3. The van der Waals surface area contributed by atoms with Crippen LogP contribution in [0, 0.1) is 6.92 Å². The van der Waals surface area contributed by atoms with Gasteiger partial charge in [0.15, 0.2) is 0 Å². The van der Waals surface area contributed by atoms with Crippen LogP contribution in [0.15, 0.2) is 53.6 Å². The van der Waals surface area contributed by atoms with Crippen LogP contribution in [0.3, 0.4) is 0 Å². The van der Waals surface area contributed by atoms with Gasteiger partial charge in [-0.3, -0.25) is 0 Å². The van der Waals surface area contributed by atoms with Crippen molar-refractivity contribution >= 4 is 32.5 Å². The molecule has 4 nitrogen and oxygen atoms in total. The van der Waals surface area contributed by atoms with E-state index in [0.29, 0.717) is 24.0 Å². The van der Waals surface area contributed by atoms with Crippen LogP contribution in [0.4, 0.5) is 0 Å². The van der Waals surface area contributed by atoms with Gasteiger partial charge in [0, 0.05) is 35.2 Å². The van der Waals surface area contributed by atoms with E-state index >= 15 is 0 Å². The second-order valence-electron chi connectivity index (χ2n) is 6.88. The molecule has 1 aromatic heterocycles. The van der Waals surface area contributed by atoms with Gasteiger partial charge in [-0.15, -0.1) is 0 Å². The zero-order chi connectivity index (χ0) is 18.3. The SMILES string of the molecule is Cc1ccc(S(=O)(=O)N2CCC(c3c[nH]c4ccccc34)CC2)cc1Cl. The second kappa shape index (κ2) is 6.72. The van der Waals surface area contributed by atoms with E-state index in [0.717, 1.165) is 23.9 Å². The first-order chi connectivity index (χ1) is 12.5. The number of hydrogen-bond donors (Lipinski definition) is 1. The van der Waals surface area contributed by atoms with Gasteiger partial charge < -0.3 is 4.98 Å². The first kappa shape index (κ1) is 17.6. The summed E-state index contributed by atoms with van der Waals surface area (Å²) >= 11 is 6.12. The summed E-state index contributed by atoms with van der Waals surface area (Å²) in [6, 6.07) is 13.2. The van der Waals surface area contributed by atoms with Crippen LogP contribution >= 0.6 is 11.6 Å². The van der Waals surface area contributed by atoms with Gasteiger partial charge in [0.2, 0.25) is 10.0 Å². The zero-order valence-electron chi connectivity index (χ0n) is 14.6. The highest BCUT2D eigenvalue weighted by Gasteiger charge is 2.31. The molecule has 0 bridgehead atoms. The molecule has 26 heavy (non-hydrogen) atoms. The van der Waals surface area contributed by atoms with Crippen molar-refractivity contribution < 1.29 is 8.42 Å². The number of aromatic amines is 1. The average Bonchev–Trinajstić information content (AvgIpc) is 3.08. The quantitative estimate of drug-likeness (QED) is 0.707. The molecule has 0 unspecified atom stereocenters. The fraction of sp³-hybridized carbons (Fsp3) is 0.300. The number of H-pyrrole nitrogens is 1. The van der Waals surface area contributed by atoms with Gasteiger partial charge in [-0.2, -0.15) is 4.31 Å².